The van der Waals surface area contributed by atoms with Crippen LogP contribution < -0.4 is 10.6 Å². The lowest BCUT2D eigenvalue weighted by molar-refractivity contribution is -0.117. The second-order valence-electron chi connectivity index (χ2n) is 6.51. The summed E-state index contributed by atoms with van der Waals surface area (Å²) in [5.74, 6) is -0.201. The standard InChI is InChI=1S/C18H19N3O2/c1-11-8-12(6-7-19-11)17(23)20-13-4-5-14-15(9-13)21-16(22)10-18(14,2)3/h4-9H,10H2,1-3H3,(H,20,23)(H,21,22). The number of anilines is 2. The number of hydrogen-bond acceptors (Lipinski definition) is 3. The minimum absolute atomic E-state index is 0.00395. The Bertz CT molecular complexity index is 797. The summed E-state index contributed by atoms with van der Waals surface area (Å²) < 4.78 is 0. The summed E-state index contributed by atoms with van der Waals surface area (Å²) in [5.41, 5.74) is 3.63. The minimum Gasteiger partial charge on any atom is -0.326 e. The van der Waals surface area contributed by atoms with Gasteiger partial charge in [-0.3, -0.25) is 14.6 Å². The Balaban J connectivity index is 1.87. The molecule has 0 saturated carbocycles. The lowest BCUT2D eigenvalue weighted by Crippen LogP contribution is -2.32. The van der Waals surface area contributed by atoms with Gasteiger partial charge < -0.3 is 10.6 Å². The van der Waals surface area contributed by atoms with E-state index >= 15 is 0 Å². The molecule has 2 aromatic rings. The zero-order chi connectivity index (χ0) is 16.6. The Labute approximate surface area is 135 Å². The molecule has 118 valence electrons. The van der Waals surface area contributed by atoms with E-state index in [0.717, 1.165) is 16.9 Å². The van der Waals surface area contributed by atoms with Crippen LogP contribution in [0, 0.1) is 6.92 Å². The molecule has 2 heterocycles. The molecule has 0 unspecified atom stereocenters. The predicted molar refractivity (Wildman–Crippen MR) is 89.6 cm³/mol. The molecule has 3 rings (SSSR count). The third-order valence-electron chi connectivity index (χ3n) is 4.04. The van der Waals surface area contributed by atoms with E-state index in [-0.39, 0.29) is 17.2 Å². The van der Waals surface area contributed by atoms with Crippen LogP contribution in [-0.4, -0.2) is 16.8 Å². The number of fused-ring (bicyclic) bond motifs is 1. The molecule has 0 fully saturated rings. The molecule has 5 heteroatoms. The summed E-state index contributed by atoms with van der Waals surface area (Å²) in [7, 11) is 0. The molecule has 0 atom stereocenters. The highest BCUT2D eigenvalue weighted by atomic mass is 16.2. The van der Waals surface area contributed by atoms with Crippen LogP contribution in [0.1, 0.15) is 41.9 Å². The minimum atomic E-state index is -0.206. The molecule has 23 heavy (non-hydrogen) atoms. The van der Waals surface area contributed by atoms with Gasteiger partial charge in [0, 0.05) is 40.7 Å². The van der Waals surface area contributed by atoms with Crippen molar-refractivity contribution in [3.05, 3.63) is 53.3 Å². The third-order valence-corrected chi connectivity index (χ3v) is 4.04. The fourth-order valence-corrected chi connectivity index (χ4v) is 2.90. The molecule has 2 N–H and O–H groups in total. The van der Waals surface area contributed by atoms with Gasteiger partial charge in [0.1, 0.15) is 0 Å². The van der Waals surface area contributed by atoms with Gasteiger partial charge in [0.05, 0.1) is 0 Å². The fraction of sp³-hybridized carbons (Fsp3) is 0.278. The van der Waals surface area contributed by atoms with Crippen molar-refractivity contribution in [1.29, 1.82) is 0 Å². The topological polar surface area (TPSA) is 71.1 Å². The Morgan fingerprint density at radius 1 is 1.26 bits per heavy atom. The Kier molecular flexibility index (Phi) is 3.64. The van der Waals surface area contributed by atoms with Crippen LogP contribution >= 0.6 is 0 Å². The molecule has 0 spiro atoms. The van der Waals surface area contributed by atoms with Gasteiger partial charge in [-0.15, -0.1) is 0 Å². The molecule has 1 aliphatic rings. The number of nitrogens with one attached hydrogen (secondary N) is 2. The third kappa shape index (κ3) is 3.08. The first-order chi connectivity index (χ1) is 10.8. The van der Waals surface area contributed by atoms with Crippen LogP contribution in [0.2, 0.25) is 0 Å². The van der Waals surface area contributed by atoms with Crippen LogP contribution in [-0.2, 0) is 10.2 Å². The van der Waals surface area contributed by atoms with Crippen molar-refractivity contribution < 1.29 is 9.59 Å². The van der Waals surface area contributed by atoms with Gasteiger partial charge in [0.2, 0.25) is 5.91 Å². The summed E-state index contributed by atoms with van der Waals surface area (Å²) in [6.45, 7) is 5.93. The van der Waals surface area contributed by atoms with E-state index in [1.54, 1.807) is 24.4 Å². The first-order valence-electron chi connectivity index (χ1n) is 7.53. The van der Waals surface area contributed by atoms with E-state index in [1.807, 2.05) is 32.9 Å². The van der Waals surface area contributed by atoms with Crippen molar-refractivity contribution in [3.8, 4) is 0 Å². The number of carbonyl (C=O) groups is 2. The highest BCUT2D eigenvalue weighted by Gasteiger charge is 2.31. The average Bonchev–Trinajstić information content (AvgIpc) is 2.45. The molecular weight excluding hydrogens is 290 g/mol. The maximum Gasteiger partial charge on any atom is 0.255 e. The van der Waals surface area contributed by atoms with Crippen molar-refractivity contribution in [2.45, 2.75) is 32.6 Å². The van der Waals surface area contributed by atoms with Crippen LogP contribution in [0.3, 0.4) is 0 Å². The molecule has 0 bridgehead atoms. The van der Waals surface area contributed by atoms with Gasteiger partial charge in [0.25, 0.3) is 5.91 Å². The zero-order valence-electron chi connectivity index (χ0n) is 13.4. The molecule has 0 aliphatic carbocycles. The second-order valence-corrected chi connectivity index (χ2v) is 6.51. The van der Waals surface area contributed by atoms with Crippen molar-refractivity contribution in [3.63, 3.8) is 0 Å². The molecular formula is C18H19N3O2. The maximum absolute atomic E-state index is 12.3. The van der Waals surface area contributed by atoms with Gasteiger partial charge in [0.15, 0.2) is 0 Å². The quantitative estimate of drug-likeness (QED) is 0.894. The van der Waals surface area contributed by atoms with Crippen LogP contribution in [0.5, 0.6) is 0 Å². The van der Waals surface area contributed by atoms with E-state index < -0.39 is 0 Å². The molecule has 5 nitrogen and oxygen atoms in total. The van der Waals surface area contributed by atoms with Crippen LogP contribution in [0.25, 0.3) is 0 Å². The van der Waals surface area contributed by atoms with Crippen molar-refractivity contribution in [2.24, 2.45) is 0 Å². The van der Waals surface area contributed by atoms with Crippen LogP contribution in [0.4, 0.5) is 11.4 Å². The highest BCUT2D eigenvalue weighted by Crippen LogP contribution is 2.38. The van der Waals surface area contributed by atoms with Crippen molar-refractivity contribution in [1.82, 2.24) is 4.98 Å². The number of nitrogens with zero attached hydrogens (tertiary/aromatic N) is 1. The van der Waals surface area contributed by atoms with Gasteiger partial charge >= 0.3 is 0 Å². The van der Waals surface area contributed by atoms with Crippen molar-refractivity contribution in [2.75, 3.05) is 10.6 Å². The van der Waals surface area contributed by atoms with E-state index in [0.29, 0.717) is 17.7 Å². The van der Waals surface area contributed by atoms with E-state index in [1.165, 1.54) is 0 Å². The largest absolute Gasteiger partial charge is 0.326 e. The number of aryl methyl sites for hydroxylation is 1. The normalized spacial score (nSPS) is 15.5. The number of aromatic nitrogens is 1. The lowest BCUT2D eigenvalue weighted by atomic mass is 9.78. The summed E-state index contributed by atoms with van der Waals surface area (Å²) in [6, 6.07) is 9.04. The Morgan fingerprint density at radius 2 is 2.04 bits per heavy atom. The average molecular weight is 309 g/mol. The van der Waals surface area contributed by atoms with Gasteiger partial charge in [-0.25, -0.2) is 0 Å². The number of pyridine rings is 1. The van der Waals surface area contributed by atoms with E-state index in [9.17, 15) is 9.59 Å². The highest BCUT2D eigenvalue weighted by molar-refractivity contribution is 6.05. The predicted octanol–water partition coefficient (Wildman–Crippen LogP) is 3.26. The monoisotopic (exact) mass is 309 g/mol. The molecule has 2 amide bonds. The Hall–Kier alpha value is -2.69. The first kappa shape index (κ1) is 15.2. The van der Waals surface area contributed by atoms with E-state index in [2.05, 4.69) is 15.6 Å². The summed E-state index contributed by atoms with van der Waals surface area (Å²) in [4.78, 5) is 28.2. The first-order valence-corrected chi connectivity index (χ1v) is 7.53. The molecule has 1 aliphatic heterocycles. The van der Waals surface area contributed by atoms with Gasteiger partial charge in [-0.1, -0.05) is 19.9 Å². The number of benzene rings is 1. The molecule has 1 aromatic heterocycles. The fourth-order valence-electron chi connectivity index (χ4n) is 2.90. The molecule has 1 aromatic carbocycles. The number of carbonyl (C=O) groups excluding carboxylic acids is 2. The molecule has 0 radical (unpaired) electrons. The number of hydrogen-bond donors (Lipinski definition) is 2. The summed E-state index contributed by atoms with van der Waals surface area (Å²) in [6.07, 6.45) is 2.07. The van der Waals surface area contributed by atoms with E-state index in [4.69, 9.17) is 0 Å². The Morgan fingerprint density at radius 3 is 2.78 bits per heavy atom. The van der Waals surface area contributed by atoms with Gasteiger partial charge in [-0.2, -0.15) is 0 Å². The summed E-state index contributed by atoms with van der Waals surface area (Å²) >= 11 is 0. The lowest BCUT2D eigenvalue weighted by Gasteiger charge is -2.32. The number of rotatable bonds is 2. The zero-order valence-corrected chi connectivity index (χ0v) is 13.4. The molecule has 0 saturated heterocycles. The second kappa shape index (κ2) is 5.50. The number of amides is 2. The SMILES string of the molecule is Cc1cc(C(=O)Nc2ccc3c(c2)NC(=O)CC3(C)C)ccn1. The van der Waals surface area contributed by atoms with Gasteiger partial charge in [-0.05, 0) is 36.8 Å². The van der Waals surface area contributed by atoms with Crippen molar-refractivity contribution >= 4 is 23.2 Å². The maximum atomic E-state index is 12.3. The smallest absolute Gasteiger partial charge is 0.255 e. The van der Waals surface area contributed by atoms with Crippen LogP contribution in [0.15, 0.2) is 36.5 Å². The summed E-state index contributed by atoms with van der Waals surface area (Å²) in [5, 5.41) is 5.74.